The van der Waals surface area contributed by atoms with Gasteiger partial charge in [-0.15, -0.1) is 0 Å². The predicted molar refractivity (Wildman–Crippen MR) is 66.4 cm³/mol. The average Bonchev–Trinajstić information content (AvgIpc) is 2.30. The smallest absolute Gasteiger partial charge is 0.258 e. The first-order valence-corrected chi connectivity index (χ1v) is 5.59. The molecule has 0 saturated heterocycles. The van der Waals surface area contributed by atoms with Crippen LogP contribution in [0.1, 0.15) is 12.5 Å². The van der Waals surface area contributed by atoms with Gasteiger partial charge in [-0.05, 0) is 6.92 Å². The molecule has 9 heteroatoms. The van der Waals surface area contributed by atoms with E-state index in [0.717, 1.165) is 6.07 Å². The molecule has 96 valence electrons. The molecule has 0 radical (unpaired) electrons. The molecule has 0 saturated carbocycles. The highest BCUT2D eigenvalue weighted by Crippen LogP contribution is 2.33. The number of hydrogen-bond donors (Lipinski definition) is 0. The zero-order valence-corrected chi connectivity index (χ0v) is 10.8. The molecule has 1 aromatic rings. The number of non-ortho nitro benzene ring substituents is 1. The van der Waals surface area contributed by atoms with Crippen LogP contribution in [0.25, 0.3) is 0 Å². The number of hydrogen-bond acceptors (Lipinski definition) is 6. The monoisotopic (exact) mass is 317 g/mol. The molecule has 0 aromatic heterocycles. The van der Waals surface area contributed by atoms with Crippen molar-refractivity contribution in [2.45, 2.75) is 19.4 Å². The third-order valence-electron chi connectivity index (χ3n) is 2.24. The second-order valence-electron chi connectivity index (χ2n) is 3.60. The first-order valence-electron chi connectivity index (χ1n) is 4.80. The van der Waals surface area contributed by atoms with Crippen LogP contribution in [-0.4, -0.2) is 15.9 Å². The molecule has 0 bridgehead atoms. The average molecular weight is 318 g/mol. The Bertz CT molecular complexity index is 519. The third kappa shape index (κ3) is 3.06. The Morgan fingerprint density at radius 3 is 2.39 bits per heavy atom. The van der Waals surface area contributed by atoms with Crippen LogP contribution < -0.4 is 0 Å². The summed E-state index contributed by atoms with van der Waals surface area (Å²) in [6.45, 7) is 1.50. The molecule has 0 spiro atoms. The Hall–Kier alpha value is -1.90. The van der Waals surface area contributed by atoms with E-state index in [-0.39, 0.29) is 22.1 Å². The second kappa shape index (κ2) is 5.63. The zero-order chi connectivity index (χ0) is 13.9. The van der Waals surface area contributed by atoms with Crippen molar-refractivity contribution in [3.05, 3.63) is 47.3 Å². The molecule has 1 aromatic carbocycles. The fourth-order valence-corrected chi connectivity index (χ4v) is 2.01. The molecule has 1 rings (SSSR count). The topological polar surface area (TPSA) is 116 Å². The van der Waals surface area contributed by atoms with Crippen LogP contribution in [0.15, 0.2) is 21.8 Å². The third-order valence-corrected chi connectivity index (χ3v) is 2.95. The highest BCUT2D eigenvalue weighted by Gasteiger charge is 2.24. The van der Waals surface area contributed by atoms with Crippen molar-refractivity contribution in [3.63, 3.8) is 0 Å². The van der Waals surface area contributed by atoms with Crippen LogP contribution in [0.5, 0.6) is 0 Å². The van der Waals surface area contributed by atoms with Crippen LogP contribution >= 0.6 is 15.9 Å². The molecular weight excluding hydrogens is 310 g/mol. The van der Waals surface area contributed by atoms with Crippen LogP contribution in [0.3, 0.4) is 0 Å². The van der Waals surface area contributed by atoms with Gasteiger partial charge < -0.3 is 0 Å². The normalized spacial score (nSPS) is 11.9. The SMILES string of the molecule is CC(Cc1c(Br)cc([N+](=O)[O-])cc1[N+](=O)[O-])N=O. The summed E-state index contributed by atoms with van der Waals surface area (Å²) in [6.07, 6.45) is 0.0401. The molecule has 1 unspecified atom stereocenters. The number of halogens is 1. The highest BCUT2D eigenvalue weighted by atomic mass is 79.9. The summed E-state index contributed by atoms with van der Waals surface area (Å²) in [7, 11) is 0. The van der Waals surface area contributed by atoms with Gasteiger partial charge in [-0.3, -0.25) is 20.2 Å². The minimum atomic E-state index is -0.719. The van der Waals surface area contributed by atoms with E-state index in [9.17, 15) is 25.1 Å². The molecule has 0 fully saturated rings. The summed E-state index contributed by atoms with van der Waals surface area (Å²) in [5.41, 5.74) is -0.562. The van der Waals surface area contributed by atoms with Crippen molar-refractivity contribution in [1.29, 1.82) is 0 Å². The van der Waals surface area contributed by atoms with Crippen molar-refractivity contribution >= 4 is 27.3 Å². The fourth-order valence-electron chi connectivity index (χ4n) is 1.41. The highest BCUT2D eigenvalue weighted by molar-refractivity contribution is 9.10. The molecule has 1 atom stereocenters. The quantitative estimate of drug-likeness (QED) is 0.470. The number of nitro groups is 2. The van der Waals surface area contributed by atoms with Crippen molar-refractivity contribution in [2.24, 2.45) is 5.18 Å². The maximum Gasteiger partial charge on any atom is 0.280 e. The fraction of sp³-hybridized carbons (Fsp3) is 0.333. The van der Waals surface area contributed by atoms with Gasteiger partial charge in [0.05, 0.1) is 22.0 Å². The van der Waals surface area contributed by atoms with Crippen molar-refractivity contribution < 1.29 is 9.85 Å². The van der Waals surface area contributed by atoms with Gasteiger partial charge >= 0.3 is 0 Å². The van der Waals surface area contributed by atoms with E-state index in [1.165, 1.54) is 13.0 Å². The first-order chi connectivity index (χ1) is 8.36. The molecule has 0 amide bonds. The van der Waals surface area contributed by atoms with E-state index >= 15 is 0 Å². The minimum Gasteiger partial charge on any atom is -0.258 e. The predicted octanol–water partition coefficient (Wildman–Crippen LogP) is 2.96. The molecular formula is C9H8BrN3O5. The summed E-state index contributed by atoms with van der Waals surface area (Å²) in [5.74, 6) is 0. The van der Waals surface area contributed by atoms with Gasteiger partial charge in [0.15, 0.2) is 0 Å². The van der Waals surface area contributed by atoms with E-state index in [1.807, 2.05) is 0 Å². The lowest BCUT2D eigenvalue weighted by Crippen LogP contribution is -2.06. The van der Waals surface area contributed by atoms with E-state index < -0.39 is 21.6 Å². The van der Waals surface area contributed by atoms with Gasteiger partial charge in [0.1, 0.15) is 0 Å². The van der Waals surface area contributed by atoms with Crippen LogP contribution in [0.2, 0.25) is 0 Å². The van der Waals surface area contributed by atoms with E-state index in [4.69, 9.17) is 0 Å². The van der Waals surface area contributed by atoms with Crippen LogP contribution in [-0.2, 0) is 6.42 Å². The largest absolute Gasteiger partial charge is 0.280 e. The van der Waals surface area contributed by atoms with E-state index in [2.05, 4.69) is 21.1 Å². The van der Waals surface area contributed by atoms with Gasteiger partial charge in [-0.25, -0.2) is 0 Å². The molecule has 0 N–H and O–H groups in total. The van der Waals surface area contributed by atoms with Gasteiger partial charge in [-0.1, -0.05) is 21.1 Å². The summed E-state index contributed by atoms with van der Waals surface area (Å²) in [5, 5.41) is 24.2. The Kier molecular flexibility index (Phi) is 4.43. The maximum absolute atomic E-state index is 10.9. The summed E-state index contributed by atoms with van der Waals surface area (Å²) in [4.78, 5) is 30.4. The van der Waals surface area contributed by atoms with Crippen molar-refractivity contribution in [2.75, 3.05) is 0 Å². The maximum atomic E-state index is 10.9. The summed E-state index contributed by atoms with van der Waals surface area (Å²) < 4.78 is 0.221. The van der Waals surface area contributed by atoms with Gasteiger partial charge in [-0.2, -0.15) is 4.91 Å². The second-order valence-corrected chi connectivity index (χ2v) is 4.45. The Balaban J connectivity index is 3.36. The lowest BCUT2D eigenvalue weighted by atomic mass is 10.0. The number of rotatable bonds is 5. The van der Waals surface area contributed by atoms with E-state index in [0.29, 0.717) is 0 Å². The Labute approximate surface area is 109 Å². The summed E-state index contributed by atoms with van der Waals surface area (Å²) in [6, 6.07) is 1.39. The molecule has 0 aliphatic carbocycles. The van der Waals surface area contributed by atoms with Crippen molar-refractivity contribution in [1.82, 2.24) is 0 Å². The Morgan fingerprint density at radius 1 is 1.33 bits per heavy atom. The molecule has 8 nitrogen and oxygen atoms in total. The summed E-state index contributed by atoms with van der Waals surface area (Å²) >= 11 is 3.04. The number of nitro benzene ring substituents is 2. The van der Waals surface area contributed by atoms with Crippen LogP contribution in [0, 0.1) is 25.1 Å². The van der Waals surface area contributed by atoms with Gasteiger partial charge in [0, 0.05) is 22.5 Å². The number of nitrogens with zero attached hydrogens (tertiary/aromatic N) is 3. The van der Waals surface area contributed by atoms with Gasteiger partial charge in [0.25, 0.3) is 11.4 Å². The van der Waals surface area contributed by atoms with Crippen LogP contribution in [0.4, 0.5) is 11.4 Å². The standard InChI is InChI=1S/C9H8BrN3O5/c1-5(11-14)2-7-8(10)3-6(12(15)16)4-9(7)13(17)18/h3-5H,2H2,1H3. The number of benzene rings is 1. The lowest BCUT2D eigenvalue weighted by Gasteiger charge is -2.06. The zero-order valence-electron chi connectivity index (χ0n) is 9.20. The van der Waals surface area contributed by atoms with Crippen molar-refractivity contribution in [3.8, 4) is 0 Å². The van der Waals surface area contributed by atoms with Gasteiger partial charge in [0.2, 0.25) is 0 Å². The first kappa shape index (κ1) is 14.2. The molecule has 0 aliphatic rings. The minimum absolute atomic E-state index is 0.0401. The Morgan fingerprint density at radius 2 is 1.94 bits per heavy atom. The molecule has 0 aliphatic heterocycles. The number of nitroso groups, excluding NO2 is 1. The lowest BCUT2D eigenvalue weighted by molar-refractivity contribution is -0.394. The molecule has 18 heavy (non-hydrogen) atoms. The molecule has 0 heterocycles. The van der Waals surface area contributed by atoms with E-state index in [1.54, 1.807) is 0 Å².